The molecule has 5 nitrogen and oxygen atoms in total. The maximum Gasteiger partial charge on any atom is 0.225 e. The molecule has 0 bridgehead atoms. The third-order valence-electron chi connectivity index (χ3n) is 5.08. The minimum Gasteiger partial charge on any atom is -0.354 e. The van der Waals surface area contributed by atoms with E-state index in [9.17, 15) is 9.59 Å². The van der Waals surface area contributed by atoms with Crippen molar-refractivity contribution in [2.45, 2.75) is 37.8 Å². The topological polar surface area (TPSA) is 75.4 Å². The van der Waals surface area contributed by atoms with Gasteiger partial charge in [0.2, 0.25) is 11.8 Å². The number of carbonyl (C=O) groups is 2. The minimum absolute atomic E-state index is 0. The number of hydrogen-bond acceptors (Lipinski definition) is 3. The van der Waals surface area contributed by atoms with Crippen LogP contribution in [0.2, 0.25) is 0 Å². The molecule has 0 radical (unpaired) electrons. The summed E-state index contributed by atoms with van der Waals surface area (Å²) in [6, 6.07) is 9.65. The highest BCUT2D eigenvalue weighted by atomic mass is 35.5. The average Bonchev–Trinajstić information content (AvgIpc) is 3.40. The van der Waals surface area contributed by atoms with E-state index in [2.05, 4.69) is 5.32 Å². The fourth-order valence-corrected chi connectivity index (χ4v) is 3.46. The summed E-state index contributed by atoms with van der Waals surface area (Å²) in [6.07, 6.45) is 3.36. The molecule has 6 heteroatoms. The Balaban J connectivity index is 0.00000208. The second kappa shape index (κ2) is 7.99. The molecule has 1 saturated carbocycles. The van der Waals surface area contributed by atoms with Gasteiger partial charge in [0.1, 0.15) is 0 Å². The predicted molar refractivity (Wildman–Crippen MR) is 95.6 cm³/mol. The van der Waals surface area contributed by atoms with Crippen LogP contribution in [0.4, 0.5) is 0 Å². The van der Waals surface area contributed by atoms with Gasteiger partial charge in [0, 0.05) is 26.1 Å². The summed E-state index contributed by atoms with van der Waals surface area (Å²) in [7, 11) is 1.79. The molecular weight excluding hydrogens is 326 g/mol. The lowest BCUT2D eigenvalue weighted by Crippen LogP contribution is -2.48. The average molecular weight is 352 g/mol. The Kier molecular flexibility index (Phi) is 6.24. The summed E-state index contributed by atoms with van der Waals surface area (Å²) < 4.78 is 0. The maximum atomic E-state index is 12.7. The smallest absolute Gasteiger partial charge is 0.225 e. The van der Waals surface area contributed by atoms with Crippen molar-refractivity contribution >= 4 is 24.2 Å². The van der Waals surface area contributed by atoms with E-state index in [0.717, 1.165) is 5.56 Å². The van der Waals surface area contributed by atoms with Crippen molar-refractivity contribution in [1.82, 2.24) is 10.2 Å². The number of piperidine rings is 1. The molecule has 3 rings (SSSR count). The molecule has 3 atom stereocenters. The van der Waals surface area contributed by atoms with Gasteiger partial charge in [-0.25, -0.2) is 0 Å². The number of nitrogens with zero attached hydrogens (tertiary/aromatic N) is 1. The molecule has 0 aromatic heterocycles. The van der Waals surface area contributed by atoms with Gasteiger partial charge >= 0.3 is 0 Å². The molecule has 1 aliphatic carbocycles. The Morgan fingerprint density at radius 2 is 1.96 bits per heavy atom. The molecule has 0 spiro atoms. The van der Waals surface area contributed by atoms with Gasteiger partial charge in [-0.2, -0.15) is 0 Å². The highest BCUT2D eigenvalue weighted by Crippen LogP contribution is 2.36. The van der Waals surface area contributed by atoms with E-state index in [4.69, 9.17) is 5.73 Å². The molecule has 2 aliphatic rings. The van der Waals surface area contributed by atoms with Crippen molar-refractivity contribution in [3.05, 3.63) is 35.9 Å². The number of benzene rings is 1. The Bertz CT molecular complexity index is 577. The van der Waals surface area contributed by atoms with Crippen LogP contribution in [0, 0.1) is 11.8 Å². The molecule has 3 unspecified atom stereocenters. The zero-order valence-corrected chi connectivity index (χ0v) is 14.8. The van der Waals surface area contributed by atoms with Gasteiger partial charge in [-0.15, -0.1) is 12.4 Å². The van der Waals surface area contributed by atoms with Gasteiger partial charge in [-0.1, -0.05) is 30.3 Å². The third-order valence-corrected chi connectivity index (χ3v) is 5.08. The molecular formula is C18H26ClN3O2. The number of rotatable bonds is 5. The highest BCUT2D eigenvalue weighted by molar-refractivity contribution is 5.85. The first-order valence-corrected chi connectivity index (χ1v) is 8.42. The molecule has 3 N–H and O–H groups in total. The van der Waals surface area contributed by atoms with Crippen molar-refractivity contribution in [1.29, 1.82) is 0 Å². The van der Waals surface area contributed by atoms with Gasteiger partial charge < -0.3 is 16.0 Å². The van der Waals surface area contributed by atoms with E-state index in [-0.39, 0.29) is 42.2 Å². The number of carbonyl (C=O) groups excluding carboxylic acids is 2. The molecule has 1 aromatic rings. The van der Waals surface area contributed by atoms with Crippen molar-refractivity contribution in [3.63, 3.8) is 0 Å². The van der Waals surface area contributed by atoms with Crippen LogP contribution < -0.4 is 11.1 Å². The predicted octanol–water partition coefficient (Wildman–Crippen LogP) is 1.87. The molecule has 24 heavy (non-hydrogen) atoms. The Morgan fingerprint density at radius 1 is 1.29 bits per heavy atom. The second-order valence-corrected chi connectivity index (χ2v) is 6.75. The van der Waals surface area contributed by atoms with Crippen molar-refractivity contribution < 1.29 is 9.59 Å². The minimum atomic E-state index is -0.216. The first kappa shape index (κ1) is 18.7. The number of halogens is 1. The van der Waals surface area contributed by atoms with Crippen LogP contribution in [0.15, 0.2) is 30.3 Å². The molecule has 1 aromatic carbocycles. The van der Waals surface area contributed by atoms with E-state index >= 15 is 0 Å². The largest absolute Gasteiger partial charge is 0.354 e. The lowest BCUT2D eigenvalue weighted by molar-refractivity contribution is -0.141. The quantitative estimate of drug-likeness (QED) is 0.850. The summed E-state index contributed by atoms with van der Waals surface area (Å²) in [6.45, 7) is 0.527. The van der Waals surface area contributed by atoms with Crippen LogP contribution in [0.1, 0.15) is 37.3 Å². The summed E-state index contributed by atoms with van der Waals surface area (Å²) in [5.74, 6) is 0.453. The third kappa shape index (κ3) is 4.08. The Hall–Kier alpha value is -1.59. The van der Waals surface area contributed by atoms with Crippen molar-refractivity contribution in [2.75, 3.05) is 13.6 Å². The normalized spacial score (nSPS) is 24.9. The van der Waals surface area contributed by atoms with E-state index < -0.39 is 0 Å². The first-order valence-electron chi connectivity index (χ1n) is 8.42. The van der Waals surface area contributed by atoms with Gasteiger partial charge in [0.25, 0.3) is 0 Å². The van der Waals surface area contributed by atoms with E-state index in [1.54, 1.807) is 11.9 Å². The Labute approximate surface area is 149 Å². The van der Waals surface area contributed by atoms with Gasteiger partial charge in [0.15, 0.2) is 0 Å². The fraction of sp³-hybridized carbons (Fsp3) is 0.556. The molecule has 1 saturated heterocycles. The van der Waals surface area contributed by atoms with Crippen LogP contribution >= 0.6 is 12.4 Å². The maximum absolute atomic E-state index is 12.7. The van der Waals surface area contributed by atoms with Crippen LogP contribution in [0.5, 0.6) is 0 Å². The summed E-state index contributed by atoms with van der Waals surface area (Å²) in [5.41, 5.74) is 7.08. The number of nitrogens with one attached hydrogen (secondary N) is 1. The lowest BCUT2D eigenvalue weighted by atomic mass is 9.84. The van der Waals surface area contributed by atoms with Crippen LogP contribution in [0.25, 0.3) is 0 Å². The van der Waals surface area contributed by atoms with E-state index in [1.165, 1.54) is 12.8 Å². The standard InChI is InChI=1S/C18H25N3O2.ClH/c1-21-16(22)10-9-14(17(21)13-5-3-2-4-6-13)18(23)20-11-15(19)12-7-8-12;/h2-6,12,14-15,17H,7-11,19H2,1H3,(H,20,23);1H. The number of amides is 2. The lowest BCUT2D eigenvalue weighted by Gasteiger charge is -2.38. The molecule has 2 fully saturated rings. The van der Waals surface area contributed by atoms with Gasteiger partial charge in [-0.3, -0.25) is 9.59 Å². The summed E-state index contributed by atoms with van der Waals surface area (Å²) >= 11 is 0. The second-order valence-electron chi connectivity index (χ2n) is 6.75. The van der Waals surface area contributed by atoms with Gasteiger partial charge in [-0.05, 0) is 30.7 Å². The van der Waals surface area contributed by atoms with Crippen LogP contribution in [0.3, 0.4) is 0 Å². The molecule has 1 aliphatic heterocycles. The van der Waals surface area contributed by atoms with Crippen molar-refractivity contribution in [2.24, 2.45) is 17.6 Å². The summed E-state index contributed by atoms with van der Waals surface area (Å²) in [5, 5.41) is 3.01. The van der Waals surface area contributed by atoms with Gasteiger partial charge in [0.05, 0.1) is 12.0 Å². The molecule has 1 heterocycles. The number of likely N-dealkylation sites (tertiary alicyclic amines) is 1. The Morgan fingerprint density at radius 3 is 2.58 bits per heavy atom. The summed E-state index contributed by atoms with van der Waals surface area (Å²) in [4.78, 5) is 26.5. The van der Waals surface area contributed by atoms with Crippen LogP contribution in [-0.2, 0) is 9.59 Å². The van der Waals surface area contributed by atoms with E-state index in [1.807, 2.05) is 30.3 Å². The van der Waals surface area contributed by atoms with Crippen LogP contribution in [-0.4, -0.2) is 36.3 Å². The van der Waals surface area contributed by atoms with Crippen molar-refractivity contribution in [3.8, 4) is 0 Å². The highest BCUT2D eigenvalue weighted by Gasteiger charge is 2.39. The molecule has 132 valence electrons. The number of hydrogen-bond donors (Lipinski definition) is 2. The fourth-order valence-electron chi connectivity index (χ4n) is 3.46. The molecule has 2 amide bonds. The first-order chi connectivity index (χ1) is 11.1. The zero-order chi connectivity index (χ0) is 16.4. The number of nitrogens with two attached hydrogens (primary N) is 1. The zero-order valence-electron chi connectivity index (χ0n) is 14.0. The SMILES string of the molecule is CN1C(=O)CCC(C(=O)NCC(N)C2CC2)C1c1ccccc1.Cl. The van der Waals surface area contributed by atoms with E-state index in [0.29, 0.717) is 25.3 Å². The monoisotopic (exact) mass is 351 g/mol.